The monoisotopic (exact) mass is 277 g/mol. The quantitative estimate of drug-likeness (QED) is 0.636. The molecule has 0 spiro atoms. The van der Waals surface area contributed by atoms with Crippen LogP contribution in [0.25, 0.3) is 0 Å². The van der Waals surface area contributed by atoms with Gasteiger partial charge in [-0.05, 0) is 37.1 Å². The first-order chi connectivity index (χ1) is 9.54. The van der Waals surface area contributed by atoms with Gasteiger partial charge in [0.25, 0.3) is 0 Å². The lowest BCUT2D eigenvalue weighted by Gasteiger charge is -2.14. The fraction of sp³-hybridized carbons (Fsp3) is 0.562. The minimum Gasteiger partial charge on any atom is -0.354 e. The molecule has 1 aromatic rings. The minimum atomic E-state index is -0.149. The van der Waals surface area contributed by atoms with E-state index in [4.69, 9.17) is 5.73 Å². The average molecular weight is 277 g/mol. The van der Waals surface area contributed by atoms with E-state index >= 15 is 0 Å². The number of carbonyl (C=O) groups excluding carboxylic acids is 1. The summed E-state index contributed by atoms with van der Waals surface area (Å²) in [5, 5.41) is 5.91. The van der Waals surface area contributed by atoms with Gasteiger partial charge in [-0.25, -0.2) is 0 Å². The molecule has 4 N–H and O–H groups in total. The Morgan fingerprint density at radius 2 is 1.80 bits per heavy atom. The standard InChI is InChI=1S/C16H27N3O/c1-12(2)13-6-8-14(9-7-13)15(17)11-19-16(20)5-4-10-18-3/h6-9,12,15,18H,4-5,10-11,17H2,1-3H3,(H,19,20). The van der Waals surface area contributed by atoms with E-state index < -0.39 is 0 Å². The summed E-state index contributed by atoms with van der Waals surface area (Å²) in [6.45, 7) is 5.68. The van der Waals surface area contributed by atoms with Crippen LogP contribution >= 0.6 is 0 Å². The predicted octanol–water partition coefficient (Wildman–Crippen LogP) is 1.93. The summed E-state index contributed by atoms with van der Waals surface area (Å²) < 4.78 is 0. The van der Waals surface area contributed by atoms with Crippen molar-refractivity contribution in [2.45, 2.75) is 38.6 Å². The molecule has 1 atom stereocenters. The number of hydrogen-bond acceptors (Lipinski definition) is 3. The van der Waals surface area contributed by atoms with Gasteiger partial charge in [-0.1, -0.05) is 38.1 Å². The maximum Gasteiger partial charge on any atom is 0.220 e. The van der Waals surface area contributed by atoms with E-state index in [0.29, 0.717) is 18.9 Å². The zero-order valence-electron chi connectivity index (χ0n) is 12.8. The molecule has 0 bridgehead atoms. The number of carbonyl (C=O) groups is 1. The van der Waals surface area contributed by atoms with Crippen molar-refractivity contribution in [2.24, 2.45) is 5.73 Å². The zero-order chi connectivity index (χ0) is 15.0. The molecule has 1 aromatic carbocycles. The van der Waals surface area contributed by atoms with Crippen LogP contribution in [0.1, 0.15) is 49.8 Å². The second kappa shape index (κ2) is 8.72. The van der Waals surface area contributed by atoms with Gasteiger partial charge in [0, 0.05) is 19.0 Å². The van der Waals surface area contributed by atoms with E-state index in [1.54, 1.807) is 0 Å². The van der Waals surface area contributed by atoms with Crippen LogP contribution in [-0.2, 0) is 4.79 Å². The third kappa shape index (κ3) is 5.72. The van der Waals surface area contributed by atoms with Crippen LogP contribution in [0.5, 0.6) is 0 Å². The summed E-state index contributed by atoms with van der Waals surface area (Å²) in [4.78, 5) is 11.6. The van der Waals surface area contributed by atoms with E-state index in [-0.39, 0.29) is 11.9 Å². The van der Waals surface area contributed by atoms with Crippen molar-refractivity contribution >= 4 is 5.91 Å². The summed E-state index contributed by atoms with van der Waals surface area (Å²) in [7, 11) is 1.88. The summed E-state index contributed by atoms with van der Waals surface area (Å²) in [5.41, 5.74) is 8.46. The fourth-order valence-electron chi connectivity index (χ4n) is 1.98. The predicted molar refractivity (Wildman–Crippen MR) is 83.6 cm³/mol. The third-order valence-electron chi connectivity index (χ3n) is 3.38. The van der Waals surface area contributed by atoms with Gasteiger partial charge in [0.15, 0.2) is 0 Å². The van der Waals surface area contributed by atoms with Crippen molar-refractivity contribution in [3.8, 4) is 0 Å². The van der Waals surface area contributed by atoms with Crippen LogP contribution < -0.4 is 16.4 Å². The Kier molecular flexibility index (Phi) is 7.26. The Morgan fingerprint density at radius 1 is 1.20 bits per heavy atom. The first-order valence-corrected chi connectivity index (χ1v) is 7.31. The van der Waals surface area contributed by atoms with E-state index in [2.05, 4.69) is 36.6 Å². The van der Waals surface area contributed by atoms with Crippen LogP contribution in [0, 0.1) is 0 Å². The Labute approximate surface area is 122 Å². The first-order valence-electron chi connectivity index (χ1n) is 7.31. The van der Waals surface area contributed by atoms with Gasteiger partial charge in [0.05, 0.1) is 0 Å². The first kappa shape index (κ1) is 16.7. The van der Waals surface area contributed by atoms with E-state index in [1.807, 2.05) is 19.2 Å². The molecule has 0 saturated heterocycles. The summed E-state index contributed by atoms with van der Waals surface area (Å²) in [6, 6.07) is 8.16. The maximum atomic E-state index is 11.6. The lowest BCUT2D eigenvalue weighted by Crippen LogP contribution is -2.32. The molecule has 0 fully saturated rings. The lowest BCUT2D eigenvalue weighted by atomic mass is 9.99. The zero-order valence-corrected chi connectivity index (χ0v) is 12.8. The molecule has 1 unspecified atom stereocenters. The molecule has 0 aliphatic carbocycles. The summed E-state index contributed by atoms with van der Waals surface area (Å²) in [5.74, 6) is 0.585. The summed E-state index contributed by atoms with van der Waals surface area (Å²) in [6.07, 6.45) is 1.39. The second-order valence-electron chi connectivity index (χ2n) is 5.44. The van der Waals surface area contributed by atoms with Gasteiger partial charge in [0.1, 0.15) is 0 Å². The number of nitrogens with one attached hydrogen (secondary N) is 2. The molecule has 4 nitrogen and oxygen atoms in total. The smallest absolute Gasteiger partial charge is 0.220 e. The summed E-state index contributed by atoms with van der Waals surface area (Å²) >= 11 is 0. The number of hydrogen-bond donors (Lipinski definition) is 3. The second-order valence-corrected chi connectivity index (χ2v) is 5.44. The normalized spacial score (nSPS) is 12.4. The van der Waals surface area contributed by atoms with Gasteiger partial charge in [-0.3, -0.25) is 4.79 Å². The Bertz CT molecular complexity index is 401. The molecule has 4 heteroatoms. The highest BCUT2D eigenvalue weighted by atomic mass is 16.1. The van der Waals surface area contributed by atoms with Crippen molar-refractivity contribution < 1.29 is 4.79 Å². The van der Waals surface area contributed by atoms with Crippen LogP contribution in [0.3, 0.4) is 0 Å². The Balaban J connectivity index is 2.38. The highest BCUT2D eigenvalue weighted by Crippen LogP contribution is 2.17. The van der Waals surface area contributed by atoms with Gasteiger partial charge in [-0.2, -0.15) is 0 Å². The Hall–Kier alpha value is -1.39. The van der Waals surface area contributed by atoms with Gasteiger partial charge >= 0.3 is 0 Å². The molecule has 0 saturated carbocycles. The van der Waals surface area contributed by atoms with Crippen LogP contribution in [0.15, 0.2) is 24.3 Å². The van der Waals surface area contributed by atoms with Crippen molar-refractivity contribution in [1.82, 2.24) is 10.6 Å². The number of amides is 1. The molecule has 0 aliphatic rings. The van der Waals surface area contributed by atoms with E-state index in [0.717, 1.165) is 18.5 Å². The molecular weight excluding hydrogens is 250 g/mol. The van der Waals surface area contributed by atoms with Gasteiger partial charge in [-0.15, -0.1) is 0 Å². The molecule has 0 heterocycles. The topological polar surface area (TPSA) is 67.2 Å². The maximum absolute atomic E-state index is 11.6. The van der Waals surface area contributed by atoms with Crippen molar-refractivity contribution in [3.05, 3.63) is 35.4 Å². The van der Waals surface area contributed by atoms with E-state index in [1.165, 1.54) is 5.56 Å². The van der Waals surface area contributed by atoms with Crippen molar-refractivity contribution in [3.63, 3.8) is 0 Å². The SMILES string of the molecule is CNCCCC(=O)NCC(N)c1ccc(C(C)C)cc1. The van der Waals surface area contributed by atoms with Crippen LogP contribution in [0.2, 0.25) is 0 Å². The number of nitrogens with two attached hydrogens (primary N) is 1. The number of rotatable bonds is 8. The third-order valence-corrected chi connectivity index (χ3v) is 3.38. The molecule has 20 heavy (non-hydrogen) atoms. The molecule has 0 radical (unpaired) electrons. The van der Waals surface area contributed by atoms with Crippen LogP contribution in [0.4, 0.5) is 0 Å². The van der Waals surface area contributed by atoms with Crippen molar-refractivity contribution in [1.29, 1.82) is 0 Å². The highest BCUT2D eigenvalue weighted by molar-refractivity contribution is 5.75. The van der Waals surface area contributed by atoms with Crippen LogP contribution in [-0.4, -0.2) is 26.0 Å². The molecule has 1 amide bonds. The molecule has 112 valence electrons. The van der Waals surface area contributed by atoms with Gasteiger partial charge in [0.2, 0.25) is 5.91 Å². The molecule has 0 aromatic heterocycles. The minimum absolute atomic E-state index is 0.0644. The largest absolute Gasteiger partial charge is 0.354 e. The number of benzene rings is 1. The lowest BCUT2D eigenvalue weighted by molar-refractivity contribution is -0.121. The van der Waals surface area contributed by atoms with E-state index in [9.17, 15) is 4.79 Å². The fourth-order valence-corrected chi connectivity index (χ4v) is 1.98. The molecular formula is C16H27N3O. The Morgan fingerprint density at radius 3 is 2.35 bits per heavy atom. The highest BCUT2D eigenvalue weighted by Gasteiger charge is 2.08. The molecule has 1 rings (SSSR count). The van der Waals surface area contributed by atoms with Gasteiger partial charge < -0.3 is 16.4 Å². The molecule has 0 aliphatic heterocycles. The van der Waals surface area contributed by atoms with Crippen molar-refractivity contribution in [2.75, 3.05) is 20.1 Å². The average Bonchev–Trinajstić information content (AvgIpc) is 2.45.